The van der Waals surface area contributed by atoms with Crippen molar-refractivity contribution in [3.8, 4) is 0 Å². The van der Waals surface area contributed by atoms with Gasteiger partial charge in [0, 0.05) is 56.5 Å². The van der Waals surface area contributed by atoms with E-state index in [4.69, 9.17) is 0 Å². The molecule has 0 unspecified atom stereocenters. The average Bonchev–Trinajstić information content (AvgIpc) is 3.09. The van der Waals surface area contributed by atoms with Gasteiger partial charge in [0.05, 0.1) is 6.20 Å². The van der Waals surface area contributed by atoms with Crippen LogP contribution in [-0.2, 0) is 6.42 Å². The van der Waals surface area contributed by atoms with Crippen molar-refractivity contribution < 1.29 is 4.79 Å². The number of nitrogens with one attached hydrogen (secondary N) is 2. The Morgan fingerprint density at radius 1 is 1.32 bits per heavy atom. The first kappa shape index (κ1) is 15.7. The van der Waals surface area contributed by atoms with Gasteiger partial charge < -0.3 is 10.2 Å². The molecule has 0 spiro atoms. The highest BCUT2D eigenvalue weighted by Crippen LogP contribution is 2.20. The van der Waals surface area contributed by atoms with Crippen molar-refractivity contribution in [2.45, 2.75) is 25.3 Å². The molecular formula is C15H25N5OS. The summed E-state index contributed by atoms with van der Waals surface area (Å²) in [5, 5.41) is 9.71. The highest BCUT2D eigenvalue weighted by atomic mass is 32.2. The Morgan fingerprint density at radius 3 is 2.77 bits per heavy atom. The van der Waals surface area contributed by atoms with E-state index in [1.54, 1.807) is 6.20 Å². The van der Waals surface area contributed by atoms with E-state index in [9.17, 15) is 4.79 Å². The van der Waals surface area contributed by atoms with Gasteiger partial charge in [-0.2, -0.15) is 16.9 Å². The standard InChI is InChI=1S/C15H25N5OS/c21-15(16-4-1-13-11-17-18-12-13)20-5-2-14(3-6-20)19-7-9-22-10-8-19/h11-12,14H,1-10H2,(H,16,21)(H,17,18). The zero-order chi connectivity index (χ0) is 15.2. The van der Waals surface area contributed by atoms with Crippen molar-refractivity contribution in [3.63, 3.8) is 0 Å². The molecule has 3 rings (SSSR count). The van der Waals surface area contributed by atoms with Crippen LogP contribution in [0.25, 0.3) is 0 Å². The SMILES string of the molecule is O=C(NCCc1cn[nH]c1)N1CCC(N2CCSCC2)CC1. The molecule has 6 nitrogen and oxygen atoms in total. The van der Waals surface area contributed by atoms with E-state index >= 15 is 0 Å². The number of hydrogen-bond donors (Lipinski definition) is 2. The maximum absolute atomic E-state index is 12.2. The lowest BCUT2D eigenvalue weighted by atomic mass is 10.0. The molecule has 2 saturated heterocycles. The van der Waals surface area contributed by atoms with Crippen LogP contribution >= 0.6 is 11.8 Å². The Hall–Kier alpha value is -1.21. The van der Waals surface area contributed by atoms with Crippen LogP contribution in [0.5, 0.6) is 0 Å². The highest BCUT2D eigenvalue weighted by Gasteiger charge is 2.27. The summed E-state index contributed by atoms with van der Waals surface area (Å²) >= 11 is 2.05. The molecule has 2 N–H and O–H groups in total. The Bertz CT molecular complexity index is 453. The van der Waals surface area contributed by atoms with E-state index in [1.165, 1.54) is 24.6 Å². The van der Waals surface area contributed by atoms with Gasteiger partial charge in [-0.15, -0.1) is 0 Å². The minimum Gasteiger partial charge on any atom is -0.338 e. The van der Waals surface area contributed by atoms with E-state index in [0.29, 0.717) is 12.6 Å². The number of H-pyrrole nitrogens is 1. The third-order valence-electron chi connectivity index (χ3n) is 4.56. The first-order chi connectivity index (χ1) is 10.8. The minimum absolute atomic E-state index is 0.0798. The predicted octanol–water partition coefficient (Wildman–Crippen LogP) is 1.17. The monoisotopic (exact) mass is 323 g/mol. The maximum Gasteiger partial charge on any atom is 0.317 e. The lowest BCUT2D eigenvalue weighted by molar-refractivity contribution is 0.124. The summed E-state index contributed by atoms with van der Waals surface area (Å²) in [6.45, 7) is 4.86. The van der Waals surface area contributed by atoms with Crippen LogP contribution in [0.15, 0.2) is 12.4 Å². The summed E-state index contributed by atoms with van der Waals surface area (Å²) in [7, 11) is 0. The van der Waals surface area contributed by atoms with Crippen LogP contribution in [-0.4, -0.2) is 76.3 Å². The topological polar surface area (TPSA) is 64.3 Å². The molecule has 0 atom stereocenters. The number of carbonyl (C=O) groups is 1. The molecule has 0 aliphatic carbocycles. The van der Waals surface area contributed by atoms with Gasteiger partial charge in [0.15, 0.2) is 0 Å². The van der Waals surface area contributed by atoms with E-state index in [-0.39, 0.29) is 6.03 Å². The molecule has 0 saturated carbocycles. The molecule has 22 heavy (non-hydrogen) atoms. The summed E-state index contributed by atoms with van der Waals surface area (Å²) in [6, 6.07) is 0.757. The second-order valence-electron chi connectivity index (χ2n) is 5.96. The van der Waals surface area contributed by atoms with Gasteiger partial charge in [-0.05, 0) is 24.8 Å². The highest BCUT2D eigenvalue weighted by molar-refractivity contribution is 7.99. The van der Waals surface area contributed by atoms with Crippen molar-refractivity contribution in [3.05, 3.63) is 18.0 Å². The van der Waals surface area contributed by atoms with Crippen LogP contribution < -0.4 is 5.32 Å². The molecule has 0 bridgehead atoms. The smallest absolute Gasteiger partial charge is 0.317 e. The van der Waals surface area contributed by atoms with Crippen molar-refractivity contribution in [1.82, 2.24) is 25.3 Å². The zero-order valence-corrected chi connectivity index (χ0v) is 13.8. The minimum atomic E-state index is 0.0798. The molecule has 2 amide bonds. The number of aromatic nitrogens is 2. The Morgan fingerprint density at radius 2 is 2.09 bits per heavy atom. The fourth-order valence-corrected chi connectivity index (χ4v) is 4.15. The molecule has 1 aromatic heterocycles. The Balaban J connectivity index is 1.36. The van der Waals surface area contributed by atoms with Gasteiger partial charge >= 0.3 is 6.03 Å². The zero-order valence-electron chi connectivity index (χ0n) is 13.0. The van der Waals surface area contributed by atoms with Crippen LogP contribution in [0.4, 0.5) is 4.79 Å². The number of aromatic amines is 1. The number of urea groups is 1. The second kappa shape index (κ2) is 7.87. The molecule has 1 aromatic rings. The van der Waals surface area contributed by atoms with E-state index in [1.807, 2.05) is 11.1 Å². The number of nitrogens with zero attached hydrogens (tertiary/aromatic N) is 3. The summed E-state index contributed by atoms with van der Waals surface area (Å²) < 4.78 is 0. The van der Waals surface area contributed by atoms with Gasteiger partial charge in [0.25, 0.3) is 0 Å². The van der Waals surface area contributed by atoms with Crippen LogP contribution in [0, 0.1) is 0 Å². The molecule has 7 heteroatoms. The van der Waals surface area contributed by atoms with E-state index in [2.05, 4.69) is 32.2 Å². The molecule has 0 aromatic carbocycles. The Kier molecular flexibility index (Phi) is 5.61. The van der Waals surface area contributed by atoms with Crippen LogP contribution in [0.3, 0.4) is 0 Å². The number of carbonyl (C=O) groups excluding carboxylic acids is 1. The van der Waals surface area contributed by atoms with Crippen molar-refractivity contribution in [1.29, 1.82) is 0 Å². The fourth-order valence-electron chi connectivity index (χ4n) is 3.22. The van der Waals surface area contributed by atoms with Crippen LogP contribution in [0.1, 0.15) is 18.4 Å². The number of amides is 2. The third kappa shape index (κ3) is 4.16. The molecule has 0 radical (unpaired) electrons. The summed E-state index contributed by atoms with van der Waals surface area (Å²) in [5.74, 6) is 2.52. The average molecular weight is 323 g/mol. The van der Waals surface area contributed by atoms with Crippen molar-refractivity contribution in [2.75, 3.05) is 44.2 Å². The molecule has 3 heterocycles. The molecule has 2 fully saturated rings. The van der Waals surface area contributed by atoms with Crippen molar-refractivity contribution >= 4 is 17.8 Å². The quantitative estimate of drug-likeness (QED) is 0.873. The molecule has 122 valence electrons. The lowest BCUT2D eigenvalue weighted by Crippen LogP contribution is -2.51. The first-order valence-corrected chi connectivity index (χ1v) is 9.30. The molecule has 2 aliphatic rings. The summed E-state index contributed by atoms with van der Waals surface area (Å²) in [6.07, 6.45) is 6.72. The molecule has 2 aliphatic heterocycles. The number of thioether (sulfide) groups is 1. The summed E-state index contributed by atoms with van der Waals surface area (Å²) in [4.78, 5) is 16.8. The normalized spacial score (nSPS) is 21.0. The van der Waals surface area contributed by atoms with Gasteiger partial charge in [-0.1, -0.05) is 0 Å². The second-order valence-corrected chi connectivity index (χ2v) is 7.18. The van der Waals surface area contributed by atoms with Crippen molar-refractivity contribution in [2.24, 2.45) is 0 Å². The van der Waals surface area contributed by atoms with E-state index in [0.717, 1.165) is 37.9 Å². The van der Waals surface area contributed by atoms with Gasteiger partial charge in [-0.25, -0.2) is 4.79 Å². The van der Waals surface area contributed by atoms with Gasteiger partial charge in [0.1, 0.15) is 0 Å². The van der Waals surface area contributed by atoms with Gasteiger partial charge in [0.2, 0.25) is 0 Å². The molecular weight excluding hydrogens is 298 g/mol. The number of rotatable bonds is 4. The van der Waals surface area contributed by atoms with E-state index < -0.39 is 0 Å². The maximum atomic E-state index is 12.2. The lowest BCUT2D eigenvalue weighted by Gasteiger charge is -2.40. The first-order valence-electron chi connectivity index (χ1n) is 8.15. The van der Waals surface area contributed by atoms with Crippen LogP contribution in [0.2, 0.25) is 0 Å². The largest absolute Gasteiger partial charge is 0.338 e. The fraction of sp³-hybridized carbons (Fsp3) is 0.733. The predicted molar refractivity (Wildman–Crippen MR) is 89.2 cm³/mol. The number of likely N-dealkylation sites (tertiary alicyclic amines) is 1. The summed E-state index contributed by atoms with van der Waals surface area (Å²) in [5.41, 5.74) is 1.13. The number of hydrogen-bond acceptors (Lipinski definition) is 4. The Labute approximate surface area is 136 Å². The third-order valence-corrected chi connectivity index (χ3v) is 5.50. The number of piperidine rings is 1. The van der Waals surface area contributed by atoms with Gasteiger partial charge in [-0.3, -0.25) is 10.00 Å².